The molecule has 0 aromatic heterocycles. The van der Waals surface area contributed by atoms with Crippen LogP contribution in [0.25, 0.3) is 0 Å². The summed E-state index contributed by atoms with van der Waals surface area (Å²) in [5, 5.41) is 2.63. The van der Waals surface area contributed by atoms with E-state index < -0.39 is 6.04 Å². The highest BCUT2D eigenvalue weighted by atomic mass is 19.1. The predicted octanol–water partition coefficient (Wildman–Crippen LogP) is 2.45. The number of anilines is 1. The number of benzene rings is 1. The molecule has 3 N–H and O–H groups in total. The van der Waals surface area contributed by atoms with Crippen molar-refractivity contribution < 1.29 is 9.18 Å². The number of nitrogens with two attached hydrogens (primary N) is 1. The standard InChI is InChI=1S/C13H19FN2O/c1-8-5-9(14)7-10(6-8)16-12(17)11(15)13(2,3)4/h5-7,11H,15H2,1-4H3,(H,16,17)/t11-/m1/s1. The number of hydrogen-bond acceptors (Lipinski definition) is 2. The molecule has 1 rings (SSSR count). The Morgan fingerprint density at radius 3 is 2.41 bits per heavy atom. The van der Waals surface area contributed by atoms with E-state index in [0.717, 1.165) is 5.56 Å². The van der Waals surface area contributed by atoms with Crippen molar-refractivity contribution in [2.45, 2.75) is 33.7 Å². The van der Waals surface area contributed by atoms with Crippen LogP contribution in [0.5, 0.6) is 0 Å². The summed E-state index contributed by atoms with van der Waals surface area (Å²) in [7, 11) is 0. The zero-order valence-corrected chi connectivity index (χ0v) is 10.7. The van der Waals surface area contributed by atoms with Crippen molar-refractivity contribution in [1.82, 2.24) is 0 Å². The fraction of sp³-hybridized carbons (Fsp3) is 0.462. The van der Waals surface area contributed by atoms with Gasteiger partial charge < -0.3 is 11.1 Å². The van der Waals surface area contributed by atoms with Crippen LogP contribution < -0.4 is 11.1 Å². The van der Waals surface area contributed by atoms with Crippen molar-refractivity contribution >= 4 is 11.6 Å². The zero-order valence-electron chi connectivity index (χ0n) is 10.7. The van der Waals surface area contributed by atoms with Gasteiger partial charge in [0, 0.05) is 5.69 Å². The summed E-state index contributed by atoms with van der Waals surface area (Å²) in [6, 6.07) is 3.75. The Hall–Kier alpha value is -1.42. The van der Waals surface area contributed by atoms with Gasteiger partial charge in [0.05, 0.1) is 6.04 Å². The van der Waals surface area contributed by atoms with Crippen molar-refractivity contribution in [3.8, 4) is 0 Å². The molecular weight excluding hydrogens is 219 g/mol. The van der Waals surface area contributed by atoms with Crippen LogP contribution in [0.4, 0.5) is 10.1 Å². The minimum Gasteiger partial charge on any atom is -0.325 e. The van der Waals surface area contributed by atoms with Crippen LogP contribution in [0.15, 0.2) is 18.2 Å². The highest BCUT2D eigenvalue weighted by Crippen LogP contribution is 2.19. The Morgan fingerprint density at radius 2 is 1.94 bits per heavy atom. The molecule has 17 heavy (non-hydrogen) atoms. The lowest BCUT2D eigenvalue weighted by atomic mass is 9.87. The number of halogens is 1. The number of carbonyl (C=O) groups is 1. The Balaban J connectivity index is 2.81. The molecule has 0 heterocycles. The van der Waals surface area contributed by atoms with E-state index in [1.165, 1.54) is 12.1 Å². The van der Waals surface area contributed by atoms with Crippen molar-refractivity contribution in [2.75, 3.05) is 5.32 Å². The summed E-state index contributed by atoms with van der Waals surface area (Å²) in [5.41, 5.74) is 6.68. The lowest BCUT2D eigenvalue weighted by Crippen LogP contribution is -2.45. The first-order valence-corrected chi connectivity index (χ1v) is 5.54. The maximum atomic E-state index is 13.1. The van der Waals surface area contributed by atoms with E-state index in [1.54, 1.807) is 13.0 Å². The molecule has 94 valence electrons. The minimum absolute atomic E-state index is 0.303. The van der Waals surface area contributed by atoms with Gasteiger partial charge in [0.2, 0.25) is 5.91 Å². The third-order valence-corrected chi connectivity index (χ3v) is 2.53. The largest absolute Gasteiger partial charge is 0.325 e. The molecule has 0 saturated carbocycles. The average molecular weight is 238 g/mol. The van der Waals surface area contributed by atoms with Crippen LogP contribution in [-0.4, -0.2) is 11.9 Å². The van der Waals surface area contributed by atoms with Crippen LogP contribution in [-0.2, 0) is 4.79 Å². The second kappa shape index (κ2) is 4.84. The third kappa shape index (κ3) is 3.82. The van der Waals surface area contributed by atoms with E-state index in [0.29, 0.717) is 5.69 Å². The lowest BCUT2D eigenvalue weighted by Gasteiger charge is -2.25. The second-order valence-corrected chi connectivity index (χ2v) is 5.35. The van der Waals surface area contributed by atoms with Crippen molar-refractivity contribution in [3.63, 3.8) is 0 Å². The van der Waals surface area contributed by atoms with Crippen LogP contribution in [0.1, 0.15) is 26.3 Å². The molecule has 1 amide bonds. The smallest absolute Gasteiger partial charge is 0.241 e. The molecule has 1 atom stereocenters. The van der Waals surface area contributed by atoms with Crippen LogP contribution in [0.3, 0.4) is 0 Å². The van der Waals surface area contributed by atoms with Gasteiger partial charge in [0.1, 0.15) is 5.82 Å². The summed E-state index contributed by atoms with van der Waals surface area (Å²) < 4.78 is 13.1. The average Bonchev–Trinajstić information content (AvgIpc) is 2.13. The Labute approximate surface area is 101 Å². The maximum Gasteiger partial charge on any atom is 0.241 e. The van der Waals surface area contributed by atoms with Gasteiger partial charge in [-0.15, -0.1) is 0 Å². The molecule has 0 spiro atoms. The molecule has 0 aliphatic carbocycles. The minimum atomic E-state index is -0.633. The van der Waals surface area contributed by atoms with Gasteiger partial charge in [-0.25, -0.2) is 4.39 Å². The van der Waals surface area contributed by atoms with E-state index in [-0.39, 0.29) is 17.1 Å². The van der Waals surface area contributed by atoms with E-state index >= 15 is 0 Å². The number of nitrogens with one attached hydrogen (secondary N) is 1. The normalized spacial score (nSPS) is 13.3. The first kappa shape index (κ1) is 13.6. The number of rotatable bonds is 2. The highest BCUT2D eigenvalue weighted by molar-refractivity contribution is 5.95. The van der Waals surface area contributed by atoms with Crippen molar-refractivity contribution in [3.05, 3.63) is 29.6 Å². The predicted molar refractivity (Wildman–Crippen MR) is 67.2 cm³/mol. The molecule has 3 nitrogen and oxygen atoms in total. The molecule has 1 aromatic rings. The number of aryl methyl sites for hydroxylation is 1. The lowest BCUT2D eigenvalue weighted by molar-refractivity contribution is -0.119. The van der Waals surface area contributed by atoms with Gasteiger partial charge >= 0.3 is 0 Å². The van der Waals surface area contributed by atoms with Gasteiger partial charge in [-0.3, -0.25) is 4.79 Å². The molecule has 0 fully saturated rings. The van der Waals surface area contributed by atoms with E-state index in [2.05, 4.69) is 5.32 Å². The van der Waals surface area contributed by atoms with E-state index in [4.69, 9.17) is 5.73 Å². The fourth-order valence-corrected chi connectivity index (χ4v) is 1.42. The highest BCUT2D eigenvalue weighted by Gasteiger charge is 2.27. The molecule has 0 bridgehead atoms. The Morgan fingerprint density at radius 1 is 1.35 bits per heavy atom. The van der Waals surface area contributed by atoms with Crippen LogP contribution in [0, 0.1) is 18.2 Å². The van der Waals surface area contributed by atoms with Gasteiger partial charge in [0.25, 0.3) is 0 Å². The van der Waals surface area contributed by atoms with Gasteiger partial charge in [0.15, 0.2) is 0 Å². The van der Waals surface area contributed by atoms with E-state index in [1.807, 2.05) is 20.8 Å². The van der Waals surface area contributed by atoms with Gasteiger partial charge in [-0.05, 0) is 36.1 Å². The molecular formula is C13H19FN2O. The first-order chi connectivity index (χ1) is 7.70. The summed E-state index contributed by atoms with van der Waals surface area (Å²) in [4.78, 5) is 11.8. The van der Waals surface area contributed by atoms with Crippen molar-refractivity contribution in [2.24, 2.45) is 11.1 Å². The molecule has 0 unspecified atom stereocenters. The topological polar surface area (TPSA) is 55.1 Å². The molecule has 0 saturated heterocycles. The SMILES string of the molecule is Cc1cc(F)cc(NC(=O)[C@@H](N)C(C)(C)C)c1. The Kier molecular flexibility index (Phi) is 3.88. The van der Waals surface area contributed by atoms with Crippen LogP contribution >= 0.6 is 0 Å². The zero-order chi connectivity index (χ0) is 13.2. The molecule has 0 radical (unpaired) electrons. The molecule has 4 heteroatoms. The maximum absolute atomic E-state index is 13.1. The number of hydrogen-bond donors (Lipinski definition) is 2. The number of amides is 1. The number of carbonyl (C=O) groups excluding carboxylic acids is 1. The molecule has 1 aromatic carbocycles. The Bertz CT molecular complexity index is 404. The van der Waals surface area contributed by atoms with Crippen molar-refractivity contribution in [1.29, 1.82) is 0 Å². The molecule has 0 aliphatic rings. The molecule has 0 aliphatic heterocycles. The quantitative estimate of drug-likeness (QED) is 0.831. The third-order valence-electron chi connectivity index (χ3n) is 2.53. The van der Waals surface area contributed by atoms with E-state index in [9.17, 15) is 9.18 Å². The second-order valence-electron chi connectivity index (χ2n) is 5.35. The first-order valence-electron chi connectivity index (χ1n) is 5.54. The fourth-order valence-electron chi connectivity index (χ4n) is 1.42. The van der Waals surface area contributed by atoms with Crippen LogP contribution in [0.2, 0.25) is 0 Å². The summed E-state index contributed by atoms with van der Waals surface area (Å²) in [5.74, 6) is -0.674. The summed E-state index contributed by atoms with van der Waals surface area (Å²) >= 11 is 0. The summed E-state index contributed by atoms with van der Waals surface area (Å²) in [6.45, 7) is 7.42. The summed E-state index contributed by atoms with van der Waals surface area (Å²) in [6.07, 6.45) is 0. The monoisotopic (exact) mass is 238 g/mol. The van der Waals surface area contributed by atoms with Gasteiger partial charge in [-0.1, -0.05) is 20.8 Å². The van der Waals surface area contributed by atoms with Gasteiger partial charge in [-0.2, -0.15) is 0 Å².